The fourth-order valence-electron chi connectivity index (χ4n) is 3.43. The third kappa shape index (κ3) is 5.05. The van der Waals surface area contributed by atoms with Crippen molar-refractivity contribution < 1.29 is 31.1 Å². The van der Waals surface area contributed by atoms with Crippen molar-refractivity contribution in [2.45, 2.75) is 19.1 Å². The highest BCUT2D eigenvalue weighted by atomic mass is 32.2. The number of hydrogen-bond donors (Lipinski definition) is 1. The molecule has 1 atom stereocenters. The maximum atomic E-state index is 13.3. The monoisotopic (exact) mass is 509 g/mol. The first-order valence-corrected chi connectivity index (χ1v) is 12.1. The summed E-state index contributed by atoms with van der Waals surface area (Å²) < 4.78 is 70.9. The molecular weight excluding hydrogens is 491 g/mol. The van der Waals surface area contributed by atoms with Gasteiger partial charge in [-0.1, -0.05) is 18.2 Å². The Morgan fingerprint density at radius 3 is 2.41 bits per heavy atom. The molecular formula is C22H18F3N3O4S2. The zero-order chi connectivity index (χ0) is 25.3. The van der Waals surface area contributed by atoms with Crippen molar-refractivity contribution in [2.75, 3.05) is 17.8 Å². The molecule has 0 saturated heterocycles. The summed E-state index contributed by atoms with van der Waals surface area (Å²) in [6.07, 6.45) is -3.86. The van der Waals surface area contributed by atoms with Gasteiger partial charge in [0.25, 0.3) is 0 Å². The summed E-state index contributed by atoms with van der Waals surface area (Å²) in [5.74, 6) is -0.982. The molecule has 3 rings (SSSR count). The molecule has 2 aromatic rings. The van der Waals surface area contributed by atoms with Crippen molar-refractivity contribution in [1.29, 1.82) is 5.26 Å². The number of nitrogens with zero attached hydrogens (tertiary/aromatic N) is 2. The highest BCUT2D eigenvalue weighted by molar-refractivity contribution is 7.95. The number of alkyl halides is 3. The lowest BCUT2D eigenvalue weighted by atomic mass is 9.96. The normalized spacial score (nSPS) is 16.6. The number of carbonyl (C=O) groups excluding carboxylic acids is 1. The Bertz CT molecular complexity index is 1310. The van der Waals surface area contributed by atoms with Gasteiger partial charge in [-0.3, -0.25) is 4.90 Å². The van der Waals surface area contributed by atoms with Gasteiger partial charge in [0.1, 0.15) is 0 Å². The standard InChI is InChI=1S/C22H18F3N3O4S2/c1-3-32-20(29)17-18(14-9-7-13(12-26)8-10-14)27-21(33)28(19(17)34(2,30)31)16-6-4-5-15(11-16)22(23,24)25/h4-11,18H,3H2,1-2H3,(H,27,33). The number of hydrogen-bond acceptors (Lipinski definition) is 6. The number of nitriles is 1. The summed E-state index contributed by atoms with van der Waals surface area (Å²) in [4.78, 5) is 13.9. The molecule has 1 aliphatic heterocycles. The van der Waals surface area contributed by atoms with Gasteiger partial charge in [0, 0.05) is 11.9 Å². The van der Waals surface area contributed by atoms with Crippen molar-refractivity contribution in [3.05, 3.63) is 75.8 Å². The minimum absolute atomic E-state index is 0.0759. The molecule has 1 heterocycles. The first-order chi connectivity index (χ1) is 15.9. The van der Waals surface area contributed by atoms with Gasteiger partial charge < -0.3 is 10.1 Å². The predicted molar refractivity (Wildman–Crippen MR) is 122 cm³/mol. The van der Waals surface area contributed by atoms with Crippen LogP contribution in [0.4, 0.5) is 18.9 Å². The number of esters is 1. The van der Waals surface area contributed by atoms with Crippen LogP contribution >= 0.6 is 12.2 Å². The number of benzene rings is 2. The van der Waals surface area contributed by atoms with Crippen LogP contribution in [-0.2, 0) is 25.5 Å². The molecule has 0 saturated carbocycles. The van der Waals surface area contributed by atoms with Crippen LogP contribution in [-0.4, -0.2) is 32.4 Å². The van der Waals surface area contributed by atoms with Crippen LogP contribution in [0.25, 0.3) is 0 Å². The molecule has 0 radical (unpaired) electrons. The Labute approximate surface area is 199 Å². The van der Waals surface area contributed by atoms with Gasteiger partial charge in [-0.25, -0.2) is 13.2 Å². The Kier molecular flexibility index (Phi) is 6.99. The second-order valence-electron chi connectivity index (χ2n) is 7.21. The third-order valence-electron chi connectivity index (χ3n) is 4.84. The highest BCUT2D eigenvalue weighted by Gasteiger charge is 2.42. The summed E-state index contributed by atoms with van der Waals surface area (Å²) in [6, 6.07) is 10.8. The fraction of sp³-hybridized carbons (Fsp3) is 0.227. The summed E-state index contributed by atoms with van der Waals surface area (Å²) in [5, 5.41) is 11.1. The number of sulfone groups is 1. The predicted octanol–water partition coefficient (Wildman–Crippen LogP) is 3.83. The topological polar surface area (TPSA) is 99.5 Å². The summed E-state index contributed by atoms with van der Waals surface area (Å²) in [5.41, 5.74) is -0.840. The number of rotatable bonds is 5. The Morgan fingerprint density at radius 1 is 1.24 bits per heavy atom. The fourth-order valence-corrected chi connectivity index (χ4v) is 4.93. The van der Waals surface area contributed by atoms with Gasteiger partial charge in [0.2, 0.25) is 0 Å². The first-order valence-electron chi connectivity index (χ1n) is 9.77. The van der Waals surface area contributed by atoms with E-state index in [-0.39, 0.29) is 23.0 Å². The van der Waals surface area contributed by atoms with Crippen molar-refractivity contribution in [1.82, 2.24) is 5.32 Å². The van der Waals surface area contributed by atoms with Crippen LogP contribution in [0.5, 0.6) is 0 Å². The van der Waals surface area contributed by atoms with Crippen molar-refractivity contribution in [3.63, 3.8) is 0 Å². The van der Waals surface area contributed by atoms with Gasteiger partial charge >= 0.3 is 12.1 Å². The third-order valence-corrected chi connectivity index (χ3v) is 6.25. The highest BCUT2D eigenvalue weighted by Crippen LogP contribution is 2.38. The van der Waals surface area contributed by atoms with Gasteiger partial charge in [-0.15, -0.1) is 0 Å². The molecule has 0 bridgehead atoms. The summed E-state index contributed by atoms with van der Waals surface area (Å²) in [7, 11) is -4.23. The first kappa shape index (κ1) is 25.2. The second kappa shape index (κ2) is 9.44. The van der Waals surface area contributed by atoms with E-state index in [1.165, 1.54) is 37.3 Å². The molecule has 1 N–H and O–H groups in total. The average Bonchev–Trinajstić information content (AvgIpc) is 2.77. The maximum Gasteiger partial charge on any atom is 0.416 e. The Hall–Kier alpha value is -3.43. The van der Waals surface area contributed by atoms with Crippen LogP contribution in [0.3, 0.4) is 0 Å². The quantitative estimate of drug-likeness (QED) is 0.480. The molecule has 0 spiro atoms. The second-order valence-corrected chi connectivity index (χ2v) is 9.53. The minimum Gasteiger partial charge on any atom is -0.462 e. The number of carbonyl (C=O) groups is 1. The van der Waals surface area contributed by atoms with Crippen LogP contribution in [0, 0.1) is 11.3 Å². The molecule has 34 heavy (non-hydrogen) atoms. The lowest BCUT2D eigenvalue weighted by Crippen LogP contribution is -2.50. The van der Waals surface area contributed by atoms with E-state index >= 15 is 0 Å². The molecule has 12 heteroatoms. The largest absolute Gasteiger partial charge is 0.462 e. The number of anilines is 1. The lowest BCUT2D eigenvalue weighted by Gasteiger charge is -2.37. The molecule has 0 fully saturated rings. The van der Waals surface area contributed by atoms with E-state index in [2.05, 4.69) is 5.32 Å². The molecule has 7 nitrogen and oxygen atoms in total. The zero-order valence-corrected chi connectivity index (χ0v) is 19.5. The van der Waals surface area contributed by atoms with E-state index in [1.807, 2.05) is 6.07 Å². The Morgan fingerprint density at radius 2 is 1.88 bits per heavy atom. The van der Waals surface area contributed by atoms with E-state index in [9.17, 15) is 26.4 Å². The van der Waals surface area contributed by atoms with Gasteiger partial charge in [-0.05, 0) is 55.0 Å². The minimum atomic E-state index is -4.69. The summed E-state index contributed by atoms with van der Waals surface area (Å²) in [6.45, 7) is 1.45. The van der Waals surface area contributed by atoms with Crippen LogP contribution < -0.4 is 10.2 Å². The van der Waals surface area contributed by atoms with E-state index in [0.717, 1.165) is 29.4 Å². The number of thiocarbonyl (C=S) groups is 1. The SMILES string of the molecule is CCOC(=O)C1=C(S(C)(=O)=O)N(c2cccc(C(F)(F)F)c2)C(=S)NC1c1ccc(C#N)cc1. The van der Waals surface area contributed by atoms with E-state index in [4.69, 9.17) is 22.2 Å². The van der Waals surface area contributed by atoms with Gasteiger partial charge in [0.15, 0.2) is 20.0 Å². The van der Waals surface area contributed by atoms with Crippen LogP contribution in [0.15, 0.2) is 59.1 Å². The van der Waals surface area contributed by atoms with E-state index in [1.54, 1.807) is 0 Å². The molecule has 0 amide bonds. The molecule has 1 aliphatic rings. The molecule has 1 unspecified atom stereocenters. The van der Waals surface area contributed by atoms with Crippen LogP contribution in [0.2, 0.25) is 0 Å². The summed E-state index contributed by atoms with van der Waals surface area (Å²) >= 11 is 5.35. The van der Waals surface area contributed by atoms with E-state index < -0.39 is 38.6 Å². The molecule has 178 valence electrons. The van der Waals surface area contributed by atoms with Crippen molar-refractivity contribution >= 4 is 38.8 Å². The molecule has 0 aliphatic carbocycles. The average molecular weight is 510 g/mol. The zero-order valence-electron chi connectivity index (χ0n) is 17.9. The lowest BCUT2D eigenvalue weighted by molar-refractivity contribution is -0.139. The number of nitrogens with one attached hydrogen (secondary N) is 1. The van der Waals surface area contributed by atoms with Gasteiger partial charge in [0.05, 0.1) is 35.4 Å². The maximum absolute atomic E-state index is 13.3. The molecule has 0 aromatic heterocycles. The Balaban J connectivity index is 2.32. The smallest absolute Gasteiger partial charge is 0.416 e. The van der Waals surface area contributed by atoms with Crippen LogP contribution in [0.1, 0.15) is 29.7 Å². The number of halogens is 3. The number of ether oxygens (including phenoxy) is 1. The van der Waals surface area contributed by atoms with Crippen molar-refractivity contribution in [2.24, 2.45) is 0 Å². The van der Waals surface area contributed by atoms with Crippen molar-refractivity contribution in [3.8, 4) is 6.07 Å². The van der Waals surface area contributed by atoms with E-state index in [0.29, 0.717) is 11.1 Å². The van der Waals surface area contributed by atoms with Gasteiger partial charge in [-0.2, -0.15) is 18.4 Å². The molecule has 2 aromatic carbocycles.